The molecule has 0 aromatic heterocycles. The highest BCUT2D eigenvalue weighted by Crippen LogP contribution is 2.27. The molecule has 102 valence electrons. The van der Waals surface area contributed by atoms with E-state index in [1.807, 2.05) is 0 Å². The minimum atomic E-state index is -0.0247. The van der Waals surface area contributed by atoms with E-state index in [0.717, 1.165) is 31.3 Å². The van der Waals surface area contributed by atoms with E-state index in [1.54, 1.807) is 7.11 Å². The highest BCUT2D eigenvalue weighted by atomic mass is 16.5. The lowest BCUT2D eigenvalue weighted by molar-refractivity contribution is -0.00760. The lowest BCUT2D eigenvalue weighted by Gasteiger charge is -2.43. The molecule has 1 fully saturated rings. The Morgan fingerprint density at radius 3 is 2.53 bits per heavy atom. The van der Waals surface area contributed by atoms with Crippen LogP contribution in [0.1, 0.15) is 40.5 Å². The van der Waals surface area contributed by atoms with Crippen LogP contribution in [0.4, 0.5) is 0 Å². The first kappa shape index (κ1) is 14.9. The number of hydrogen-bond acceptors (Lipinski definition) is 3. The zero-order valence-electron chi connectivity index (χ0n) is 12.2. The van der Waals surface area contributed by atoms with Gasteiger partial charge in [0.25, 0.3) is 0 Å². The Bertz CT molecular complexity index is 230. The maximum absolute atomic E-state index is 5.93. The summed E-state index contributed by atoms with van der Waals surface area (Å²) in [5.74, 6) is 1.51. The van der Waals surface area contributed by atoms with Crippen molar-refractivity contribution in [2.45, 2.75) is 52.2 Å². The minimum Gasteiger partial charge on any atom is -0.379 e. The molecule has 3 atom stereocenters. The average Bonchev–Trinajstić information content (AvgIpc) is 2.26. The van der Waals surface area contributed by atoms with E-state index < -0.39 is 0 Å². The number of ether oxygens (including phenoxy) is 1. The summed E-state index contributed by atoms with van der Waals surface area (Å²) in [5.41, 5.74) is 5.90. The molecule has 0 aliphatic carbocycles. The van der Waals surface area contributed by atoms with Gasteiger partial charge >= 0.3 is 0 Å². The van der Waals surface area contributed by atoms with Gasteiger partial charge < -0.3 is 10.5 Å². The highest BCUT2D eigenvalue weighted by molar-refractivity contribution is 4.86. The van der Waals surface area contributed by atoms with Crippen molar-refractivity contribution in [2.24, 2.45) is 17.6 Å². The molecule has 1 heterocycles. The Labute approximate surface area is 107 Å². The normalized spacial score (nSPS) is 31.8. The van der Waals surface area contributed by atoms with Gasteiger partial charge in [-0.15, -0.1) is 0 Å². The first-order valence-corrected chi connectivity index (χ1v) is 6.89. The molecule has 0 amide bonds. The van der Waals surface area contributed by atoms with Crippen molar-refractivity contribution >= 4 is 0 Å². The predicted molar refractivity (Wildman–Crippen MR) is 73.1 cm³/mol. The van der Waals surface area contributed by atoms with E-state index in [-0.39, 0.29) is 5.60 Å². The fourth-order valence-corrected chi connectivity index (χ4v) is 2.92. The molecule has 3 heteroatoms. The van der Waals surface area contributed by atoms with Crippen molar-refractivity contribution in [3.63, 3.8) is 0 Å². The third-order valence-corrected chi connectivity index (χ3v) is 4.24. The topological polar surface area (TPSA) is 38.5 Å². The van der Waals surface area contributed by atoms with Crippen LogP contribution in [0.2, 0.25) is 0 Å². The highest BCUT2D eigenvalue weighted by Gasteiger charge is 2.31. The van der Waals surface area contributed by atoms with Crippen molar-refractivity contribution in [1.82, 2.24) is 4.90 Å². The molecule has 1 rings (SSSR count). The summed E-state index contributed by atoms with van der Waals surface area (Å²) in [5, 5.41) is 0. The van der Waals surface area contributed by atoms with Crippen LogP contribution in [0.5, 0.6) is 0 Å². The van der Waals surface area contributed by atoms with Gasteiger partial charge in [-0.1, -0.05) is 13.8 Å². The lowest BCUT2D eigenvalue weighted by Crippen LogP contribution is -2.52. The molecule has 1 saturated heterocycles. The molecule has 3 unspecified atom stereocenters. The zero-order chi connectivity index (χ0) is 13.1. The number of nitrogens with two attached hydrogens (primary N) is 1. The fraction of sp³-hybridized carbons (Fsp3) is 1.00. The van der Waals surface area contributed by atoms with Crippen molar-refractivity contribution in [2.75, 3.05) is 26.7 Å². The molecule has 2 N–H and O–H groups in total. The average molecular weight is 242 g/mol. The number of piperidine rings is 1. The molecular formula is C14H30N2O. The smallest absolute Gasteiger partial charge is 0.0634 e. The number of rotatable bonds is 5. The van der Waals surface area contributed by atoms with Crippen LogP contribution in [-0.2, 0) is 4.74 Å². The molecule has 1 aliphatic heterocycles. The van der Waals surface area contributed by atoms with Crippen LogP contribution in [0, 0.1) is 11.8 Å². The van der Waals surface area contributed by atoms with E-state index >= 15 is 0 Å². The third kappa shape index (κ3) is 4.23. The van der Waals surface area contributed by atoms with Gasteiger partial charge in [0, 0.05) is 32.8 Å². The molecule has 0 aromatic rings. The van der Waals surface area contributed by atoms with Crippen LogP contribution < -0.4 is 5.73 Å². The summed E-state index contributed by atoms with van der Waals surface area (Å²) in [6.07, 6.45) is 2.38. The standard InChI is InChI=1S/C14H30N2O/c1-11-8-12(2)13(9-15)16(10-11)7-6-14(3,4)17-5/h11-13H,6-10,15H2,1-5H3. The van der Waals surface area contributed by atoms with E-state index in [4.69, 9.17) is 10.5 Å². The third-order valence-electron chi connectivity index (χ3n) is 4.24. The van der Waals surface area contributed by atoms with Crippen LogP contribution in [0.3, 0.4) is 0 Å². The molecule has 3 nitrogen and oxygen atoms in total. The van der Waals surface area contributed by atoms with Gasteiger partial charge in [-0.25, -0.2) is 0 Å². The van der Waals surface area contributed by atoms with Crippen LogP contribution in [-0.4, -0.2) is 43.3 Å². The van der Waals surface area contributed by atoms with Crippen molar-refractivity contribution in [3.05, 3.63) is 0 Å². The number of likely N-dealkylation sites (tertiary alicyclic amines) is 1. The predicted octanol–water partition coefficient (Wildman–Crippen LogP) is 2.11. The second-order valence-electron chi connectivity index (χ2n) is 6.33. The van der Waals surface area contributed by atoms with Crippen LogP contribution in [0.25, 0.3) is 0 Å². The lowest BCUT2D eigenvalue weighted by atomic mass is 9.84. The van der Waals surface area contributed by atoms with Gasteiger partial charge in [-0.3, -0.25) is 4.90 Å². The van der Waals surface area contributed by atoms with Crippen LogP contribution in [0.15, 0.2) is 0 Å². The maximum atomic E-state index is 5.93. The second-order valence-corrected chi connectivity index (χ2v) is 6.33. The molecule has 0 spiro atoms. The van der Waals surface area contributed by atoms with Gasteiger partial charge in [-0.05, 0) is 38.5 Å². The van der Waals surface area contributed by atoms with E-state index in [1.165, 1.54) is 13.0 Å². The summed E-state index contributed by atoms with van der Waals surface area (Å²) in [6.45, 7) is 12.0. The Morgan fingerprint density at radius 2 is 2.00 bits per heavy atom. The number of hydrogen-bond donors (Lipinski definition) is 1. The first-order valence-electron chi connectivity index (χ1n) is 6.89. The summed E-state index contributed by atoms with van der Waals surface area (Å²) in [6, 6.07) is 0.554. The fourth-order valence-electron chi connectivity index (χ4n) is 2.92. The van der Waals surface area contributed by atoms with Crippen molar-refractivity contribution in [1.29, 1.82) is 0 Å². The summed E-state index contributed by atoms with van der Waals surface area (Å²) < 4.78 is 5.49. The molecule has 0 radical (unpaired) electrons. The van der Waals surface area contributed by atoms with Crippen molar-refractivity contribution < 1.29 is 4.74 Å². The Morgan fingerprint density at radius 1 is 1.35 bits per heavy atom. The number of methoxy groups -OCH3 is 1. The van der Waals surface area contributed by atoms with Gasteiger partial charge in [0.2, 0.25) is 0 Å². The zero-order valence-corrected chi connectivity index (χ0v) is 12.2. The monoisotopic (exact) mass is 242 g/mol. The quantitative estimate of drug-likeness (QED) is 0.802. The van der Waals surface area contributed by atoms with Gasteiger partial charge in [0.05, 0.1) is 5.60 Å². The summed E-state index contributed by atoms with van der Waals surface area (Å²) in [4.78, 5) is 2.57. The van der Waals surface area contributed by atoms with Gasteiger partial charge in [-0.2, -0.15) is 0 Å². The van der Waals surface area contributed by atoms with E-state index in [2.05, 4.69) is 32.6 Å². The summed E-state index contributed by atoms with van der Waals surface area (Å²) >= 11 is 0. The Kier molecular flexibility index (Phi) is 5.42. The summed E-state index contributed by atoms with van der Waals surface area (Å²) in [7, 11) is 1.79. The maximum Gasteiger partial charge on any atom is 0.0634 e. The minimum absolute atomic E-state index is 0.0247. The second kappa shape index (κ2) is 6.17. The van der Waals surface area contributed by atoms with Crippen LogP contribution >= 0.6 is 0 Å². The SMILES string of the molecule is COC(C)(C)CCN1CC(C)CC(C)C1CN. The molecule has 0 bridgehead atoms. The molecule has 1 aliphatic rings. The molecule has 0 aromatic carbocycles. The molecule has 17 heavy (non-hydrogen) atoms. The molecular weight excluding hydrogens is 212 g/mol. The Balaban J connectivity index is 2.54. The number of nitrogens with zero attached hydrogens (tertiary/aromatic N) is 1. The van der Waals surface area contributed by atoms with Gasteiger partial charge in [0.15, 0.2) is 0 Å². The first-order chi connectivity index (χ1) is 7.89. The molecule has 0 saturated carbocycles. The Hall–Kier alpha value is -0.120. The van der Waals surface area contributed by atoms with E-state index in [9.17, 15) is 0 Å². The van der Waals surface area contributed by atoms with Crippen molar-refractivity contribution in [3.8, 4) is 0 Å². The van der Waals surface area contributed by atoms with Gasteiger partial charge in [0.1, 0.15) is 0 Å². The van der Waals surface area contributed by atoms with E-state index in [0.29, 0.717) is 6.04 Å². The largest absolute Gasteiger partial charge is 0.379 e.